The molecule has 0 aliphatic carbocycles. The summed E-state index contributed by atoms with van der Waals surface area (Å²) in [6.07, 6.45) is 1.51. The van der Waals surface area contributed by atoms with E-state index in [0.717, 1.165) is 11.1 Å². The van der Waals surface area contributed by atoms with Crippen molar-refractivity contribution in [1.29, 1.82) is 0 Å². The van der Waals surface area contributed by atoms with Gasteiger partial charge in [-0.2, -0.15) is 5.21 Å². The maximum atomic E-state index is 12.3. The maximum Gasteiger partial charge on any atom is 0.208 e. The quantitative estimate of drug-likeness (QED) is 0.592. The van der Waals surface area contributed by atoms with Gasteiger partial charge in [0, 0.05) is 6.20 Å². The second-order valence-electron chi connectivity index (χ2n) is 4.86. The van der Waals surface area contributed by atoms with E-state index in [1.54, 1.807) is 18.2 Å². The van der Waals surface area contributed by atoms with E-state index >= 15 is 0 Å². The van der Waals surface area contributed by atoms with E-state index in [4.69, 9.17) is 10.2 Å². The number of rotatable bonds is 4. The van der Waals surface area contributed by atoms with Gasteiger partial charge in [0.05, 0.1) is 21.9 Å². The van der Waals surface area contributed by atoms with E-state index in [1.807, 2.05) is 12.1 Å². The zero-order valence-corrected chi connectivity index (χ0v) is 12.8. The third-order valence-corrected chi connectivity index (χ3v) is 4.22. The van der Waals surface area contributed by atoms with Gasteiger partial charge in [-0.05, 0) is 33.8 Å². The van der Waals surface area contributed by atoms with Crippen LogP contribution < -0.4 is 5.14 Å². The number of hydrogen-bond acceptors (Lipinski definition) is 6. The summed E-state index contributed by atoms with van der Waals surface area (Å²) in [5.41, 5.74) is 2.71. The van der Waals surface area contributed by atoms with Crippen molar-refractivity contribution in [3.05, 3.63) is 42.1 Å². The molecule has 0 radical (unpaired) electrons. The average molecular weight is 330 g/mol. The lowest BCUT2D eigenvalue weighted by Gasteiger charge is -2.12. The molecule has 23 heavy (non-hydrogen) atoms. The predicted octanol–water partition coefficient (Wildman–Crippen LogP) is 0.370. The summed E-state index contributed by atoms with van der Waals surface area (Å²) in [7, 11) is -3.08. The molecule has 0 amide bonds. The van der Waals surface area contributed by atoms with Gasteiger partial charge in [-0.25, -0.2) is 9.19 Å². The van der Waals surface area contributed by atoms with Gasteiger partial charge in [0.15, 0.2) is 0 Å². The molecule has 9 heteroatoms. The second-order valence-corrected chi connectivity index (χ2v) is 6.69. The zero-order chi connectivity index (χ0) is 16.4. The largest absolute Gasteiger partial charge is 0.392 e. The summed E-state index contributed by atoms with van der Waals surface area (Å²) in [5, 5.41) is 28.7. The number of tetrazole rings is 1. The van der Waals surface area contributed by atoms with Gasteiger partial charge in [0.25, 0.3) is 0 Å². The van der Waals surface area contributed by atoms with Crippen LogP contribution in [0.3, 0.4) is 0 Å². The molecule has 2 heterocycles. The number of aliphatic hydroxyl groups excluding tert-OH is 1. The smallest absolute Gasteiger partial charge is 0.208 e. The predicted molar refractivity (Wildman–Crippen MR) is 86.5 cm³/mol. The van der Waals surface area contributed by atoms with Crippen LogP contribution >= 0.6 is 0 Å². The molecule has 0 aliphatic rings. The number of aromatic nitrogens is 5. The van der Waals surface area contributed by atoms with Gasteiger partial charge in [-0.1, -0.05) is 24.3 Å². The molecule has 0 saturated heterocycles. The van der Waals surface area contributed by atoms with Gasteiger partial charge in [0.2, 0.25) is 5.82 Å². The van der Waals surface area contributed by atoms with Crippen molar-refractivity contribution in [1.82, 2.24) is 25.6 Å². The Morgan fingerprint density at radius 2 is 2.00 bits per heavy atom. The van der Waals surface area contributed by atoms with Crippen molar-refractivity contribution < 1.29 is 9.32 Å². The van der Waals surface area contributed by atoms with Crippen molar-refractivity contribution in [3.63, 3.8) is 0 Å². The van der Waals surface area contributed by atoms with Crippen molar-refractivity contribution >= 4 is 15.6 Å². The first-order chi connectivity index (χ1) is 11.0. The molecule has 3 aromatic rings. The van der Waals surface area contributed by atoms with E-state index in [0.29, 0.717) is 11.1 Å². The molecule has 4 N–H and O–H groups in total. The molecule has 1 unspecified atom stereocenters. The monoisotopic (exact) mass is 330 g/mol. The summed E-state index contributed by atoms with van der Waals surface area (Å²) >= 11 is 0. The standard InChI is InChI=1S/C14H14N6O2S/c1-23(15,22)14-12(13-17-19-20-18-13)11(6-7-16-14)10-4-2-9(8-21)3-5-10/h2-7,21H,1,8H2,(H2,15,22)(H,17,18,19,20). The number of aliphatic hydroxyl groups is 1. The van der Waals surface area contributed by atoms with Crippen LogP contribution in [0.15, 0.2) is 41.6 Å². The number of nitrogens with one attached hydrogen (secondary N) is 1. The Bertz CT molecular complexity index is 920. The first-order valence-corrected chi connectivity index (χ1v) is 8.37. The normalized spacial score (nSPS) is 13.7. The highest BCUT2D eigenvalue weighted by molar-refractivity contribution is 7.98. The Kier molecular flexibility index (Phi) is 3.90. The minimum Gasteiger partial charge on any atom is -0.392 e. The molecular weight excluding hydrogens is 316 g/mol. The Hall–Kier alpha value is -2.62. The maximum absolute atomic E-state index is 12.3. The molecule has 0 aliphatic heterocycles. The number of nitrogens with zero attached hydrogens (tertiary/aromatic N) is 4. The van der Waals surface area contributed by atoms with E-state index < -0.39 is 9.71 Å². The summed E-state index contributed by atoms with van der Waals surface area (Å²) in [6, 6.07) is 8.98. The summed E-state index contributed by atoms with van der Waals surface area (Å²) in [4.78, 5) is 4.10. The van der Waals surface area contributed by atoms with Crippen LogP contribution in [-0.4, -0.2) is 40.8 Å². The summed E-state index contributed by atoms with van der Waals surface area (Å²) in [5.74, 6) is 3.73. The van der Waals surface area contributed by atoms with E-state index in [2.05, 4.69) is 31.5 Å². The van der Waals surface area contributed by atoms with Crippen molar-refractivity contribution in [3.8, 4) is 22.5 Å². The third-order valence-electron chi connectivity index (χ3n) is 3.26. The van der Waals surface area contributed by atoms with Crippen LogP contribution in [-0.2, 0) is 16.3 Å². The van der Waals surface area contributed by atoms with Gasteiger partial charge in [-0.15, -0.1) is 10.2 Å². The lowest BCUT2D eigenvalue weighted by molar-refractivity contribution is 0.282. The lowest BCUT2D eigenvalue weighted by Crippen LogP contribution is -2.15. The number of H-pyrrole nitrogens is 1. The molecule has 3 rings (SSSR count). The minimum absolute atomic E-state index is 0.0466. The Morgan fingerprint density at radius 3 is 2.57 bits per heavy atom. The summed E-state index contributed by atoms with van der Waals surface area (Å²) in [6.45, 7) is -0.0466. The fourth-order valence-electron chi connectivity index (χ4n) is 2.22. The fourth-order valence-corrected chi connectivity index (χ4v) is 3.00. The number of hydrogen-bond donors (Lipinski definition) is 3. The highest BCUT2D eigenvalue weighted by Gasteiger charge is 2.21. The Labute approximate surface area is 132 Å². The van der Waals surface area contributed by atoms with Gasteiger partial charge in [0.1, 0.15) is 5.03 Å². The molecule has 0 saturated carbocycles. The number of benzene rings is 1. The SMILES string of the molecule is C=S(N)(=O)c1nccc(-c2ccc(CO)cc2)c1-c1nn[nH]n1. The lowest BCUT2D eigenvalue weighted by atomic mass is 10.0. The molecule has 0 spiro atoms. The first kappa shape index (κ1) is 15.3. The highest BCUT2D eigenvalue weighted by Crippen LogP contribution is 2.33. The van der Waals surface area contributed by atoms with Crippen molar-refractivity contribution in [2.75, 3.05) is 0 Å². The van der Waals surface area contributed by atoms with Crippen LogP contribution in [0.1, 0.15) is 5.56 Å². The van der Waals surface area contributed by atoms with E-state index in [1.165, 1.54) is 6.20 Å². The van der Waals surface area contributed by atoms with Gasteiger partial charge < -0.3 is 5.11 Å². The number of aromatic amines is 1. The molecule has 0 fully saturated rings. The molecular formula is C14H14N6O2S. The van der Waals surface area contributed by atoms with Crippen LogP contribution in [0.5, 0.6) is 0 Å². The Balaban J connectivity index is 2.28. The highest BCUT2D eigenvalue weighted by atomic mass is 32.2. The topological polar surface area (TPSA) is 131 Å². The molecule has 1 atom stereocenters. The van der Waals surface area contributed by atoms with Crippen LogP contribution in [0.25, 0.3) is 22.5 Å². The Morgan fingerprint density at radius 1 is 1.26 bits per heavy atom. The molecule has 0 bridgehead atoms. The zero-order valence-electron chi connectivity index (χ0n) is 12.0. The first-order valence-electron chi connectivity index (χ1n) is 6.58. The molecule has 1 aromatic carbocycles. The van der Waals surface area contributed by atoms with E-state index in [-0.39, 0.29) is 17.5 Å². The number of nitrogens with two attached hydrogens (primary N) is 1. The van der Waals surface area contributed by atoms with Crippen molar-refractivity contribution in [2.45, 2.75) is 11.6 Å². The summed E-state index contributed by atoms with van der Waals surface area (Å²) < 4.78 is 12.3. The third kappa shape index (κ3) is 2.97. The van der Waals surface area contributed by atoms with Crippen LogP contribution in [0.4, 0.5) is 0 Å². The van der Waals surface area contributed by atoms with Crippen LogP contribution in [0, 0.1) is 0 Å². The van der Waals surface area contributed by atoms with Gasteiger partial charge >= 0.3 is 0 Å². The van der Waals surface area contributed by atoms with E-state index in [9.17, 15) is 4.21 Å². The van der Waals surface area contributed by atoms with Crippen LogP contribution in [0.2, 0.25) is 0 Å². The molecule has 118 valence electrons. The molecule has 2 aromatic heterocycles. The molecule has 8 nitrogen and oxygen atoms in total. The van der Waals surface area contributed by atoms with Crippen molar-refractivity contribution in [2.24, 2.45) is 5.14 Å². The number of pyridine rings is 1. The average Bonchev–Trinajstić information content (AvgIpc) is 3.07. The van der Waals surface area contributed by atoms with Gasteiger partial charge in [-0.3, -0.25) is 5.14 Å². The minimum atomic E-state index is -3.08. The second kappa shape index (κ2) is 5.88. The fraction of sp³-hybridized carbons (Fsp3) is 0.0714.